The summed E-state index contributed by atoms with van der Waals surface area (Å²) < 4.78 is 0. The molecular formula is C16H25N3O2. The number of pyridine rings is 1. The summed E-state index contributed by atoms with van der Waals surface area (Å²) in [6.45, 7) is 9.81. The third kappa shape index (κ3) is 4.95. The molecule has 0 aliphatic heterocycles. The summed E-state index contributed by atoms with van der Waals surface area (Å²) in [5, 5.41) is 12.0. The van der Waals surface area contributed by atoms with Crippen LogP contribution in [0.3, 0.4) is 0 Å². The van der Waals surface area contributed by atoms with Gasteiger partial charge in [0.2, 0.25) is 0 Å². The lowest BCUT2D eigenvalue weighted by Gasteiger charge is -2.31. The maximum atomic E-state index is 11.2. The summed E-state index contributed by atoms with van der Waals surface area (Å²) in [7, 11) is 0. The molecular weight excluding hydrogens is 266 g/mol. The number of rotatable bonds is 9. The van der Waals surface area contributed by atoms with E-state index in [0.29, 0.717) is 12.1 Å². The van der Waals surface area contributed by atoms with Crippen molar-refractivity contribution in [3.8, 4) is 0 Å². The van der Waals surface area contributed by atoms with Gasteiger partial charge in [0, 0.05) is 19.3 Å². The molecule has 1 heterocycles. The van der Waals surface area contributed by atoms with E-state index in [1.807, 2.05) is 6.08 Å². The van der Waals surface area contributed by atoms with Gasteiger partial charge in [-0.25, -0.2) is 5.48 Å². The molecule has 0 aliphatic rings. The number of allylic oxidation sites excluding steroid dienone is 1. The molecule has 0 saturated heterocycles. The van der Waals surface area contributed by atoms with Gasteiger partial charge in [-0.3, -0.25) is 15.0 Å². The number of nitrogens with zero attached hydrogens (tertiary/aromatic N) is 1. The lowest BCUT2D eigenvalue weighted by Crippen LogP contribution is -2.33. The van der Waals surface area contributed by atoms with E-state index in [0.717, 1.165) is 31.5 Å². The van der Waals surface area contributed by atoms with Crippen molar-refractivity contribution in [2.24, 2.45) is 5.41 Å². The van der Waals surface area contributed by atoms with Gasteiger partial charge >= 0.3 is 0 Å². The molecule has 0 radical (unpaired) electrons. The van der Waals surface area contributed by atoms with Crippen LogP contribution in [-0.4, -0.2) is 22.6 Å². The first-order valence-electron chi connectivity index (χ1n) is 7.31. The van der Waals surface area contributed by atoms with E-state index in [-0.39, 0.29) is 5.41 Å². The highest BCUT2D eigenvalue weighted by Crippen LogP contribution is 2.30. The Morgan fingerprint density at radius 1 is 1.43 bits per heavy atom. The number of nitrogens with one attached hydrogen (secondary N) is 2. The van der Waals surface area contributed by atoms with Gasteiger partial charge in [-0.15, -0.1) is 6.58 Å². The normalized spacial score (nSPS) is 11.2. The number of hydrogen-bond donors (Lipinski definition) is 3. The van der Waals surface area contributed by atoms with E-state index in [1.54, 1.807) is 17.6 Å². The Morgan fingerprint density at radius 2 is 2.14 bits per heavy atom. The summed E-state index contributed by atoms with van der Waals surface area (Å²) in [4.78, 5) is 15.4. The fourth-order valence-corrected chi connectivity index (χ4v) is 2.35. The average Bonchev–Trinajstić information content (AvgIpc) is 2.54. The van der Waals surface area contributed by atoms with Crippen LogP contribution in [0, 0.1) is 5.41 Å². The molecule has 0 atom stereocenters. The zero-order valence-corrected chi connectivity index (χ0v) is 12.9. The standard InChI is InChI=1S/C16H25N3O2/c1-4-9-16(5-2,6-3)12-17-11-14-8-7-13(10-18-14)15(20)19-21/h4,7-8,10,17,21H,1,5-6,9,11-12H2,2-3H3,(H,19,20). The quantitative estimate of drug-likeness (QED) is 0.371. The molecule has 0 aromatic carbocycles. The third-order valence-electron chi connectivity index (χ3n) is 4.07. The van der Waals surface area contributed by atoms with Gasteiger partial charge in [-0.05, 0) is 36.8 Å². The van der Waals surface area contributed by atoms with Crippen molar-refractivity contribution in [2.75, 3.05) is 6.54 Å². The van der Waals surface area contributed by atoms with Crippen LogP contribution in [0.5, 0.6) is 0 Å². The van der Waals surface area contributed by atoms with Crippen LogP contribution in [0.2, 0.25) is 0 Å². The minimum absolute atomic E-state index is 0.248. The van der Waals surface area contributed by atoms with Crippen LogP contribution in [0.15, 0.2) is 31.0 Å². The van der Waals surface area contributed by atoms with E-state index >= 15 is 0 Å². The molecule has 0 unspecified atom stereocenters. The molecule has 5 nitrogen and oxygen atoms in total. The molecule has 1 rings (SSSR count). The van der Waals surface area contributed by atoms with Gasteiger partial charge in [-0.1, -0.05) is 19.9 Å². The molecule has 0 aliphatic carbocycles. The average molecular weight is 291 g/mol. The van der Waals surface area contributed by atoms with Crippen LogP contribution in [0.4, 0.5) is 0 Å². The van der Waals surface area contributed by atoms with E-state index in [1.165, 1.54) is 6.20 Å². The van der Waals surface area contributed by atoms with E-state index in [2.05, 4.69) is 30.7 Å². The second kappa shape index (κ2) is 8.54. The number of aromatic nitrogens is 1. The van der Waals surface area contributed by atoms with E-state index < -0.39 is 5.91 Å². The van der Waals surface area contributed by atoms with Crippen LogP contribution in [0.25, 0.3) is 0 Å². The molecule has 0 bridgehead atoms. The Balaban J connectivity index is 2.55. The Labute approximate surface area is 126 Å². The predicted octanol–water partition coefficient (Wildman–Crippen LogP) is 2.67. The molecule has 1 aromatic rings. The Hall–Kier alpha value is -1.72. The molecule has 0 saturated carbocycles. The smallest absolute Gasteiger partial charge is 0.276 e. The van der Waals surface area contributed by atoms with Gasteiger partial charge in [0.15, 0.2) is 0 Å². The van der Waals surface area contributed by atoms with Crippen molar-refractivity contribution in [3.63, 3.8) is 0 Å². The highest BCUT2D eigenvalue weighted by atomic mass is 16.5. The monoisotopic (exact) mass is 291 g/mol. The van der Waals surface area contributed by atoms with Gasteiger partial charge in [0.05, 0.1) is 11.3 Å². The highest BCUT2D eigenvalue weighted by Gasteiger charge is 2.23. The van der Waals surface area contributed by atoms with Gasteiger partial charge in [-0.2, -0.15) is 0 Å². The van der Waals surface area contributed by atoms with Crippen LogP contribution in [-0.2, 0) is 6.54 Å². The number of carbonyl (C=O) groups excluding carboxylic acids is 1. The first kappa shape index (κ1) is 17.3. The van der Waals surface area contributed by atoms with Crippen molar-refractivity contribution in [2.45, 2.75) is 39.7 Å². The molecule has 0 fully saturated rings. The van der Waals surface area contributed by atoms with Gasteiger partial charge < -0.3 is 5.32 Å². The molecule has 116 valence electrons. The lowest BCUT2D eigenvalue weighted by atomic mass is 9.79. The number of hydroxylamine groups is 1. The maximum absolute atomic E-state index is 11.2. The molecule has 3 N–H and O–H groups in total. The summed E-state index contributed by atoms with van der Waals surface area (Å²) in [6.07, 6.45) is 6.64. The molecule has 5 heteroatoms. The third-order valence-corrected chi connectivity index (χ3v) is 4.07. The first-order chi connectivity index (χ1) is 10.1. The topological polar surface area (TPSA) is 74.2 Å². The van der Waals surface area contributed by atoms with Crippen LogP contribution in [0.1, 0.15) is 49.2 Å². The fraction of sp³-hybridized carbons (Fsp3) is 0.500. The largest absolute Gasteiger partial charge is 0.311 e. The number of amides is 1. The summed E-state index contributed by atoms with van der Waals surface area (Å²) in [5.41, 5.74) is 3.04. The van der Waals surface area contributed by atoms with Crippen LogP contribution >= 0.6 is 0 Å². The second-order valence-electron chi connectivity index (χ2n) is 5.28. The molecule has 1 aromatic heterocycles. The van der Waals surface area contributed by atoms with Gasteiger partial charge in [0.1, 0.15) is 0 Å². The Morgan fingerprint density at radius 3 is 2.62 bits per heavy atom. The molecule has 21 heavy (non-hydrogen) atoms. The maximum Gasteiger partial charge on any atom is 0.276 e. The van der Waals surface area contributed by atoms with Crippen molar-refractivity contribution in [3.05, 3.63) is 42.2 Å². The van der Waals surface area contributed by atoms with E-state index in [9.17, 15) is 4.79 Å². The molecule has 0 spiro atoms. The van der Waals surface area contributed by atoms with Gasteiger partial charge in [0.25, 0.3) is 5.91 Å². The minimum atomic E-state index is -0.552. The molecule has 1 amide bonds. The lowest BCUT2D eigenvalue weighted by molar-refractivity contribution is 0.0706. The predicted molar refractivity (Wildman–Crippen MR) is 83.0 cm³/mol. The fourth-order valence-electron chi connectivity index (χ4n) is 2.35. The summed E-state index contributed by atoms with van der Waals surface area (Å²) >= 11 is 0. The van der Waals surface area contributed by atoms with Crippen molar-refractivity contribution in [1.82, 2.24) is 15.8 Å². The number of carbonyl (C=O) groups is 1. The second-order valence-corrected chi connectivity index (χ2v) is 5.28. The zero-order valence-electron chi connectivity index (χ0n) is 12.9. The first-order valence-corrected chi connectivity index (χ1v) is 7.31. The SMILES string of the molecule is C=CCC(CC)(CC)CNCc1ccc(C(=O)NO)cn1. The minimum Gasteiger partial charge on any atom is -0.311 e. The highest BCUT2D eigenvalue weighted by molar-refractivity contribution is 5.92. The van der Waals surface area contributed by atoms with E-state index in [4.69, 9.17) is 5.21 Å². The van der Waals surface area contributed by atoms with Crippen molar-refractivity contribution >= 4 is 5.91 Å². The zero-order chi connectivity index (χ0) is 15.7. The van der Waals surface area contributed by atoms with Crippen molar-refractivity contribution < 1.29 is 10.0 Å². The number of hydrogen-bond acceptors (Lipinski definition) is 4. The Bertz CT molecular complexity index is 453. The van der Waals surface area contributed by atoms with Crippen LogP contribution < -0.4 is 10.8 Å². The van der Waals surface area contributed by atoms with Crippen molar-refractivity contribution in [1.29, 1.82) is 0 Å². The summed E-state index contributed by atoms with van der Waals surface area (Å²) in [6, 6.07) is 3.43. The Kier molecular flexibility index (Phi) is 7.05. The summed E-state index contributed by atoms with van der Waals surface area (Å²) in [5.74, 6) is -0.552.